The van der Waals surface area contributed by atoms with Gasteiger partial charge in [-0.15, -0.1) is 0 Å². The number of hydrogen-bond acceptors (Lipinski definition) is 2. The summed E-state index contributed by atoms with van der Waals surface area (Å²) in [4.78, 5) is 3.16. The predicted octanol–water partition coefficient (Wildman–Crippen LogP) is 3.99. The van der Waals surface area contributed by atoms with Crippen LogP contribution in [-0.4, -0.2) is 24.8 Å². The zero-order chi connectivity index (χ0) is 16.8. The molecule has 0 amide bonds. The van der Waals surface area contributed by atoms with Crippen molar-refractivity contribution in [1.29, 1.82) is 0 Å². The number of benzene rings is 2. The molecule has 3 nitrogen and oxygen atoms in total. The van der Waals surface area contributed by atoms with Gasteiger partial charge in [0, 0.05) is 23.6 Å². The van der Waals surface area contributed by atoms with Gasteiger partial charge >= 0.3 is 0 Å². The molecule has 0 bridgehead atoms. The molecule has 3 rings (SSSR count). The van der Waals surface area contributed by atoms with Crippen LogP contribution in [0.25, 0.3) is 10.9 Å². The molecule has 0 aliphatic rings. The van der Waals surface area contributed by atoms with Gasteiger partial charge in [0.2, 0.25) is 0 Å². The van der Waals surface area contributed by atoms with E-state index >= 15 is 0 Å². The van der Waals surface area contributed by atoms with Gasteiger partial charge in [0.1, 0.15) is 24.8 Å². The first-order chi connectivity index (χ1) is 11.8. The molecule has 0 fully saturated rings. The van der Waals surface area contributed by atoms with Gasteiger partial charge in [0.25, 0.3) is 0 Å². The van der Waals surface area contributed by atoms with Gasteiger partial charge in [0.15, 0.2) is 0 Å². The quantitative estimate of drug-likeness (QED) is 0.613. The van der Waals surface area contributed by atoms with E-state index in [0.29, 0.717) is 12.3 Å². The molecule has 2 aromatic carbocycles. The highest BCUT2D eigenvalue weighted by Crippen LogP contribution is 2.19. The average Bonchev–Trinajstić information content (AvgIpc) is 2.99. The van der Waals surface area contributed by atoms with E-state index in [4.69, 9.17) is 4.74 Å². The number of nitrogens with one attached hydrogen (secondary N) is 2. The van der Waals surface area contributed by atoms with Gasteiger partial charge in [-0.1, -0.05) is 12.1 Å². The van der Waals surface area contributed by atoms with Crippen LogP contribution in [0.5, 0.6) is 5.75 Å². The Kier molecular flexibility index (Phi) is 5.43. The average molecular weight is 330 g/mol. The molecule has 0 saturated carbocycles. The third-order valence-electron chi connectivity index (χ3n) is 3.87. The number of ether oxygens (including phenoxy) is 1. The van der Waals surface area contributed by atoms with Crippen molar-refractivity contribution in [3.8, 4) is 5.75 Å². The number of rotatable bonds is 8. The Labute approximate surface area is 139 Å². The first-order valence-corrected chi connectivity index (χ1v) is 8.00. The maximum Gasteiger partial charge on any atom is 0.123 e. The van der Waals surface area contributed by atoms with Crippen LogP contribution >= 0.6 is 0 Å². The van der Waals surface area contributed by atoms with Gasteiger partial charge in [-0.3, -0.25) is 0 Å². The van der Waals surface area contributed by atoms with E-state index in [2.05, 4.69) is 10.3 Å². The van der Waals surface area contributed by atoms with E-state index in [9.17, 15) is 8.78 Å². The minimum absolute atomic E-state index is 0.0774. The smallest absolute Gasteiger partial charge is 0.123 e. The summed E-state index contributed by atoms with van der Waals surface area (Å²) in [6.07, 6.45) is 2.73. The van der Waals surface area contributed by atoms with Crippen LogP contribution in [-0.2, 0) is 13.0 Å². The molecule has 0 saturated heterocycles. The molecule has 0 aliphatic heterocycles. The maximum absolute atomic E-state index is 13.4. The number of aromatic nitrogens is 1. The predicted molar refractivity (Wildman–Crippen MR) is 91.6 cm³/mol. The van der Waals surface area contributed by atoms with Crippen molar-refractivity contribution >= 4 is 10.9 Å². The SMILES string of the molecule is FCCOc1cccc(CNCCc2c[nH]c3ccc(F)cc23)c1. The second-order valence-corrected chi connectivity index (χ2v) is 5.62. The maximum atomic E-state index is 13.4. The van der Waals surface area contributed by atoms with Gasteiger partial charge < -0.3 is 15.0 Å². The summed E-state index contributed by atoms with van der Waals surface area (Å²) in [5.74, 6) is 0.459. The third kappa shape index (κ3) is 4.11. The van der Waals surface area contributed by atoms with Crippen LogP contribution in [0.15, 0.2) is 48.7 Å². The second kappa shape index (κ2) is 7.93. The summed E-state index contributed by atoms with van der Waals surface area (Å²) in [5.41, 5.74) is 3.12. The topological polar surface area (TPSA) is 37.0 Å². The summed E-state index contributed by atoms with van der Waals surface area (Å²) in [5, 5.41) is 4.29. The molecule has 24 heavy (non-hydrogen) atoms. The molecule has 2 N–H and O–H groups in total. The lowest BCUT2D eigenvalue weighted by molar-refractivity contribution is 0.273. The zero-order valence-corrected chi connectivity index (χ0v) is 13.3. The Bertz CT molecular complexity index is 801. The molecular formula is C19H20F2N2O. The highest BCUT2D eigenvalue weighted by atomic mass is 19.1. The summed E-state index contributed by atoms with van der Waals surface area (Å²) in [6, 6.07) is 12.4. The van der Waals surface area contributed by atoms with E-state index in [1.807, 2.05) is 30.5 Å². The monoisotopic (exact) mass is 330 g/mol. The van der Waals surface area contributed by atoms with Crippen LogP contribution in [0, 0.1) is 5.82 Å². The molecule has 0 spiro atoms. The molecule has 1 aromatic heterocycles. The Morgan fingerprint density at radius 2 is 2.04 bits per heavy atom. The van der Waals surface area contributed by atoms with E-state index in [1.165, 1.54) is 6.07 Å². The molecule has 5 heteroatoms. The summed E-state index contributed by atoms with van der Waals surface area (Å²) >= 11 is 0. The number of alkyl halides is 1. The third-order valence-corrected chi connectivity index (χ3v) is 3.87. The first-order valence-electron chi connectivity index (χ1n) is 8.00. The van der Waals surface area contributed by atoms with E-state index < -0.39 is 6.67 Å². The Balaban J connectivity index is 1.52. The first kappa shape index (κ1) is 16.5. The van der Waals surface area contributed by atoms with Crippen molar-refractivity contribution < 1.29 is 13.5 Å². The minimum atomic E-state index is -0.492. The lowest BCUT2D eigenvalue weighted by atomic mass is 10.1. The lowest BCUT2D eigenvalue weighted by Gasteiger charge is -2.08. The molecule has 0 atom stereocenters. The molecule has 0 unspecified atom stereocenters. The fourth-order valence-electron chi connectivity index (χ4n) is 2.71. The molecule has 126 valence electrons. The van der Waals surface area contributed by atoms with Crippen LogP contribution in [0.4, 0.5) is 8.78 Å². The van der Waals surface area contributed by atoms with Crippen molar-refractivity contribution in [2.75, 3.05) is 19.8 Å². The highest BCUT2D eigenvalue weighted by molar-refractivity contribution is 5.83. The van der Waals surface area contributed by atoms with Crippen LogP contribution in [0.3, 0.4) is 0 Å². The minimum Gasteiger partial charge on any atom is -0.491 e. The van der Waals surface area contributed by atoms with Crippen molar-refractivity contribution in [3.05, 3.63) is 65.6 Å². The number of halogens is 2. The summed E-state index contributed by atoms with van der Waals surface area (Å²) < 4.78 is 30.8. The summed E-state index contributed by atoms with van der Waals surface area (Å²) in [7, 11) is 0. The number of fused-ring (bicyclic) bond motifs is 1. The second-order valence-electron chi connectivity index (χ2n) is 5.62. The molecule has 0 radical (unpaired) electrons. The molecule has 1 heterocycles. The normalized spacial score (nSPS) is 11.1. The number of H-pyrrole nitrogens is 1. The molecular weight excluding hydrogens is 310 g/mol. The van der Waals surface area contributed by atoms with Crippen molar-refractivity contribution in [1.82, 2.24) is 10.3 Å². The van der Waals surface area contributed by atoms with E-state index in [1.54, 1.807) is 12.1 Å². The Morgan fingerprint density at radius 3 is 2.92 bits per heavy atom. The van der Waals surface area contributed by atoms with E-state index in [0.717, 1.165) is 35.0 Å². The van der Waals surface area contributed by atoms with Crippen LogP contribution in [0.2, 0.25) is 0 Å². The highest BCUT2D eigenvalue weighted by Gasteiger charge is 2.05. The van der Waals surface area contributed by atoms with Crippen LogP contribution < -0.4 is 10.1 Å². The van der Waals surface area contributed by atoms with Crippen molar-refractivity contribution in [2.45, 2.75) is 13.0 Å². The van der Waals surface area contributed by atoms with Crippen molar-refractivity contribution in [2.24, 2.45) is 0 Å². The van der Waals surface area contributed by atoms with Gasteiger partial charge in [-0.05, 0) is 54.4 Å². The van der Waals surface area contributed by atoms with Crippen LogP contribution in [0.1, 0.15) is 11.1 Å². The lowest BCUT2D eigenvalue weighted by Crippen LogP contribution is -2.16. The van der Waals surface area contributed by atoms with Crippen molar-refractivity contribution in [3.63, 3.8) is 0 Å². The molecule has 0 aliphatic carbocycles. The Hall–Kier alpha value is -2.40. The fourth-order valence-corrected chi connectivity index (χ4v) is 2.71. The van der Waals surface area contributed by atoms with Gasteiger partial charge in [-0.25, -0.2) is 8.78 Å². The fraction of sp³-hybridized carbons (Fsp3) is 0.263. The molecule has 3 aromatic rings. The van der Waals surface area contributed by atoms with Gasteiger partial charge in [-0.2, -0.15) is 0 Å². The van der Waals surface area contributed by atoms with Gasteiger partial charge in [0.05, 0.1) is 0 Å². The van der Waals surface area contributed by atoms with E-state index in [-0.39, 0.29) is 12.4 Å². The standard InChI is InChI=1S/C19H20F2N2O/c20-7-9-24-17-3-1-2-14(10-17)12-22-8-6-15-13-23-19-5-4-16(21)11-18(15)19/h1-5,10-11,13,22-23H,6-9,12H2. The zero-order valence-electron chi connectivity index (χ0n) is 13.3. The largest absolute Gasteiger partial charge is 0.491 e. The number of aromatic amines is 1. The summed E-state index contributed by atoms with van der Waals surface area (Å²) in [6.45, 7) is 1.06. The Morgan fingerprint density at radius 1 is 1.12 bits per heavy atom. The number of hydrogen-bond donors (Lipinski definition) is 2.